The maximum atomic E-state index is 5.85. The molecule has 2 nitrogen and oxygen atoms in total. The first-order valence-corrected chi connectivity index (χ1v) is 7.36. The van der Waals surface area contributed by atoms with Crippen LogP contribution in [0.2, 0.25) is 0 Å². The second kappa shape index (κ2) is 7.54. The minimum atomic E-state index is 0.269. The molecule has 0 saturated carbocycles. The molecule has 1 aromatic carbocycles. The van der Waals surface area contributed by atoms with E-state index < -0.39 is 0 Å². The zero-order valence-corrected chi connectivity index (χ0v) is 13.1. The Labute approximate surface area is 118 Å². The first-order chi connectivity index (χ1) is 8.93. The van der Waals surface area contributed by atoms with Gasteiger partial charge in [0.15, 0.2) is 0 Å². The molecule has 0 radical (unpaired) electrons. The largest absolute Gasteiger partial charge is 0.494 e. The molecule has 1 rings (SSSR count). The van der Waals surface area contributed by atoms with E-state index in [0.717, 1.165) is 25.3 Å². The van der Waals surface area contributed by atoms with Gasteiger partial charge in [-0.15, -0.1) is 0 Å². The first kappa shape index (κ1) is 16.0. The predicted octanol–water partition coefficient (Wildman–Crippen LogP) is 4.18. The highest BCUT2D eigenvalue weighted by atomic mass is 16.5. The van der Waals surface area contributed by atoms with Gasteiger partial charge < -0.3 is 10.1 Å². The zero-order chi connectivity index (χ0) is 14.3. The maximum Gasteiger partial charge on any atom is 0.119 e. The number of ether oxygens (including phenoxy) is 1. The second-order valence-corrected chi connectivity index (χ2v) is 6.33. The number of rotatable bonds is 7. The Bertz CT molecular complexity index is 368. The van der Waals surface area contributed by atoms with Crippen LogP contribution in [0.1, 0.15) is 46.1 Å². The summed E-state index contributed by atoms with van der Waals surface area (Å²) in [7, 11) is 0. The van der Waals surface area contributed by atoms with E-state index in [1.54, 1.807) is 0 Å². The number of benzene rings is 1. The van der Waals surface area contributed by atoms with Crippen molar-refractivity contribution in [3.05, 3.63) is 29.8 Å². The van der Waals surface area contributed by atoms with Crippen LogP contribution in [0.3, 0.4) is 0 Å². The fraction of sp³-hybridized carbons (Fsp3) is 0.647. The van der Waals surface area contributed by atoms with Gasteiger partial charge in [-0.25, -0.2) is 0 Å². The minimum Gasteiger partial charge on any atom is -0.494 e. The van der Waals surface area contributed by atoms with E-state index in [1.807, 2.05) is 12.1 Å². The van der Waals surface area contributed by atoms with Crippen LogP contribution in [-0.4, -0.2) is 19.2 Å². The van der Waals surface area contributed by atoms with E-state index >= 15 is 0 Å². The second-order valence-electron chi connectivity index (χ2n) is 6.33. The number of hydrogen-bond donors (Lipinski definition) is 1. The number of nitrogens with one attached hydrogen (secondary N) is 1. The summed E-state index contributed by atoms with van der Waals surface area (Å²) >= 11 is 0. The van der Waals surface area contributed by atoms with Crippen LogP contribution in [0, 0.1) is 12.3 Å². The molecule has 19 heavy (non-hydrogen) atoms. The van der Waals surface area contributed by atoms with E-state index in [9.17, 15) is 0 Å². The third-order valence-electron chi connectivity index (χ3n) is 3.35. The summed E-state index contributed by atoms with van der Waals surface area (Å²) in [6.07, 6.45) is 2.21. The molecule has 0 aliphatic rings. The molecule has 2 heteroatoms. The Balaban J connectivity index is 2.43. The molecule has 1 aromatic rings. The lowest BCUT2D eigenvalue weighted by atomic mass is 9.85. The van der Waals surface area contributed by atoms with Gasteiger partial charge in [0.2, 0.25) is 0 Å². The summed E-state index contributed by atoms with van der Waals surface area (Å²) in [5.74, 6) is 0.975. The molecule has 0 aliphatic carbocycles. The van der Waals surface area contributed by atoms with Crippen LogP contribution in [0.25, 0.3) is 0 Å². The first-order valence-electron chi connectivity index (χ1n) is 7.36. The van der Waals surface area contributed by atoms with Gasteiger partial charge in [0.05, 0.1) is 6.61 Å². The highest BCUT2D eigenvalue weighted by Crippen LogP contribution is 2.22. The van der Waals surface area contributed by atoms with Crippen molar-refractivity contribution in [3.8, 4) is 5.75 Å². The zero-order valence-electron chi connectivity index (χ0n) is 13.1. The van der Waals surface area contributed by atoms with E-state index in [4.69, 9.17) is 4.74 Å². The smallest absolute Gasteiger partial charge is 0.119 e. The van der Waals surface area contributed by atoms with Crippen molar-refractivity contribution >= 4 is 0 Å². The van der Waals surface area contributed by atoms with E-state index in [2.05, 4.69) is 52.1 Å². The lowest BCUT2D eigenvalue weighted by Gasteiger charge is -2.31. The van der Waals surface area contributed by atoms with Gasteiger partial charge in [-0.1, -0.05) is 39.8 Å². The van der Waals surface area contributed by atoms with Gasteiger partial charge in [-0.2, -0.15) is 0 Å². The minimum absolute atomic E-state index is 0.269. The van der Waals surface area contributed by atoms with Crippen molar-refractivity contribution in [1.82, 2.24) is 5.32 Å². The van der Waals surface area contributed by atoms with E-state index in [0.29, 0.717) is 6.04 Å². The third kappa shape index (κ3) is 6.11. The number of aryl methyl sites for hydroxylation is 1. The summed E-state index contributed by atoms with van der Waals surface area (Å²) in [6, 6.07) is 8.75. The monoisotopic (exact) mass is 263 g/mol. The van der Waals surface area contributed by atoms with Crippen molar-refractivity contribution in [2.75, 3.05) is 13.2 Å². The summed E-state index contributed by atoms with van der Waals surface area (Å²) in [5, 5.41) is 3.63. The van der Waals surface area contributed by atoms with Crippen LogP contribution in [0.4, 0.5) is 0 Å². The van der Waals surface area contributed by atoms with Crippen LogP contribution in [0.15, 0.2) is 24.3 Å². The molecular formula is C17H29NO. The molecule has 0 aliphatic heterocycles. The van der Waals surface area contributed by atoms with Gasteiger partial charge in [0.25, 0.3) is 0 Å². The fourth-order valence-electron chi connectivity index (χ4n) is 2.16. The van der Waals surface area contributed by atoms with Crippen LogP contribution < -0.4 is 10.1 Å². The molecule has 0 spiro atoms. The lowest BCUT2D eigenvalue weighted by molar-refractivity contribution is 0.208. The topological polar surface area (TPSA) is 21.3 Å². The average molecular weight is 263 g/mol. The van der Waals surface area contributed by atoms with Crippen molar-refractivity contribution < 1.29 is 4.74 Å². The van der Waals surface area contributed by atoms with Crippen molar-refractivity contribution in [1.29, 1.82) is 0 Å². The summed E-state index contributed by atoms with van der Waals surface area (Å²) in [4.78, 5) is 0. The van der Waals surface area contributed by atoms with Crippen molar-refractivity contribution in [2.45, 2.75) is 53.5 Å². The molecule has 0 amide bonds. The molecule has 0 saturated heterocycles. The molecule has 1 unspecified atom stereocenters. The molecule has 0 aromatic heterocycles. The standard InChI is InChI=1S/C17H29NO/c1-6-11-18-16(17(3,4)5)10-12-19-15-9-7-8-14(2)13-15/h7-9,13,16,18H,6,10-12H2,1-5H3. The average Bonchev–Trinajstić information content (AvgIpc) is 2.32. The molecule has 0 fully saturated rings. The Hall–Kier alpha value is -1.02. The maximum absolute atomic E-state index is 5.85. The van der Waals surface area contributed by atoms with Gasteiger partial charge in [-0.05, 0) is 49.4 Å². The normalized spacial score (nSPS) is 13.3. The summed E-state index contributed by atoms with van der Waals surface area (Å²) < 4.78 is 5.85. The quantitative estimate of drug-likeness (QED) is 0.797. The van der Waals surface area contributed by atoms with Crippen LogP contribution in [-0.2, 0) is 0 Å². The Morgan fingerprint density at radius 1 is 1.26 bits per heavy atom. The lowest BCUT2D eigenvalue weighted by Crippen LogP contribution is -2.41. The SMILES string of the molecule is CCCNC(CCOc1cccc(C)c1)C(C)(C)C. The molecule has 0 heterocycles. The van der Waals surface area contributed by atoms with Gasteiger partial charge in [0.1, 0.15) is 5.75 Å². The summed E-state index contributed by atoms with van der Waals surface area (Å²) in [5.41, 5.74) is 1.51. The fourth-order valence-corrected chi connectivity index (χ4v) is 2.16. The van der Waals surface area contributed by atoms with Crippen molar-refractivity contribution in [3.63, 3.8) is 0 Å². The molecular weight excluding hydrogens is 234 g/mol. The van der Waals surface area contributed by atoms with E-state index in [-0.39, 0.29) is 5.41 Å². The van der Waals surface area contributed by atoms with E-state index in [1.165, 1.54) is 12.0 Å². The van der Waals surface area contributed by atoms with Gasteiger partial charge in [0, 0.05) is 6.04 Å². The van der Waals surface area contributed by atoms with Crippen LogP contribution in [0.5, 0.6) is 5.75 Å². The highest BCUT2D eigenvalue weighted by Gasteiger charge is 2.23. The Morgan fingerprint density at radius 3 is 2.58 bits per heavy atom. The van der Waals surface area contributed by atoms with Gasteiger partial charge in [-0.3, -0.25) is 0 Å². The third-order valence-corrected chi connectivity index (χ3v) is 3.35. The number of hydrogen-bond acceptors (Lipinski definition) is 2. The molecule has 108 valence electrons. The summed E-state index contributed by atoms with van der Waals surface area (Å²) in [6.45, 7) is 13.0. The van der Waals surface area contributed by atoms with Crippen molar-refractivity contribution in [2.24, 2.45) is 5.41 Å². The molecule has 1 atom stereocenters. The molecule has 0 bridgehead atoms. The molecule has 1 N–H and O–H groups in total. The Morgan fingerprint density at radius 2 is 2.00 bits per heavy atom. The van der Waals surface area contributed by atoms with Gasteiger partial charge >= 0.3 is 0 Å². The van der Waals surface area contributed by atoms with Crippen LogP contribution >= 0.6 is 0 Å². The predicted molar refractivity (Wildman–Crippen MR) is 82.8 cm³/mol. The highest BCUT2D eigenvalue weighted by molar-refractivity contribution is 5.27. The Kier molecular flexibility index (Phi) is 6.36.